The van der Waals surface area contributed by atoms with Crippen molar-refractivity contribution in [1.82, 2.24) is 0 Å². The summed E-state index contributed by atoms with van der Waals surface area (Å²) in [5.74, 6) is 3.91. The lowest BCUT2D eigenvalue weighted by Gasteiger charge is -1.78. The molecule has 0 bridgehead atoms. The van der Waals surface area contributed by atoms with Gasteiger partial charge in [-0.05, 0) is 0 Å². The Morgan fingerprint density at radius 3 is 1.67 bits per heavy atom. The summed E-state index contributed by atoms with van der Waals surface area (Å²) in [6.45, 7) is 0. The van der Waals surface area contributed by atoms with Gasteiger partial charge in [-0.3, -0.25) is 0 Å². The molecule has 0 atom stereocenters. The Hall–Kier alpha value is -0.170. The maximum atomic E-state index is 9.10. The van der Waals surface area contributed by atoms with Gasteiger partial charge in [0.1, 0.15) is 0 Å². The molecular weight excluding hydrogens is 110 g/mol. The summed E-state index contributed by atoms with van der Waals surface area (Å²) in [6, 6.07) is 0. The Bertz CT molecular complexity index is 110. The zero-order valence-corrected chi connectivity index (χ0v) is 3.44. The van der Waals surface area contributed by atoms with Gasteiger partial charge >= 0.3 is 10.4 Å². The van der Waals surface area contributed by atoms with Crippen molar-refractivity contribution >= 4 is 10.4 Å². The van der Waals surface area contributed by atoms with Crippen LogP contribution in [0.4, 0.5) is 0 Å². The van der Waals surface area contributed by atoms with Crippen molar-refractivity contribution in [2.75, 3.05) is 0 Å². The van der Waals surface area contributed by atoms with Crippen LogP contribution < -0.4 is 5.90 Å². The summed E-state index contributed by atoms with van der Waals surface area (Å²) in [5.41, 5.74) is 0. The lowest BCUT2D eigenvalue weighted by Crippen LogP contribution is -2.06. The molecule has 1 radical (unpaired) electrons. The van der Waals surface area contributed by atoms with E-state index in [-0.39, 0.29) is 0 Å². The van der Waals surface area contributed by atoms with Crippen LogP contribution in [0, 0.1) is 0 Å². The minimum Gasteiger partial charge on any atom is -0.196 e. The summed E-state index contributed by atoms with van der Waals surface area (Å²) in [7, 11) is -4.63. The van der Waals surface area contributed by atoms with E-state index in [0.717, 1.165) is 0 Å². The third-order valence-electron chi connectivity index (χ3n) is 0.118. The van der Waals surface area contributed by atoms with Crippen molar-refractivity contribution in [3.05, 3.63) is 0 Å². The first kappa shape index (κ1) is 5.83. The summed E-state index contributed by atoms with van der Waals surface area (Å²) < 4.78 is 30.1. The van der Waals surface area contributed by atoms with Gasteiger partial charge < -0.3 is 0 Å². The van der Waals surface area contributed by atoms with Crippen molar-refractivity contribution in [2.24, 2.45) is 5.90 Å². The van der Waals surface area contributed by atoms with Gasteiger partial charge in [-0.1, -0.05) is 4.55 Å². The Kier molecular flexibility index (Phi) is 1.48. The van der Waals surface area contributed by atoms with Gasteiger partial charge in [-0.2, -0.15) is 18.6 Å². The Morgan fingerprint density at radius 2 is 1.67 bits per heavy atom. The highest BCUT2D eigenvalue weighted by Crippen LogP contribution is 1.73. The molecule has 0 aliphatic rings. The van der Waals surface area contributed by atoms with E-state index in [4.69, 9.17) is 13.0 Å². The third kappa shape index (κ3) is 3.83. The topological polar surface area (TPSA) is 89.3 Å². The minimum atomic E-state index is -4.63. The molecule has 0 heterocycles. The van der Waals surface area contributed by atoms with E-state index in [9.17, 15) is 0 Å². The minimum absolute atomic E-state index is 2.85. The van der Waals surface area contributed by atoms with E-state index >= 15 is 0 Å². The van der Waals surface area contributed by atoms with Crippen molar-refractivity contribution in [1.29, 1.82) is 0 Å². The van der Waals surface area contributed by atoms with Gasteiger partial charge in [-0.25, -0.2) is 0 Å². The van der Waals surface area contributed by atoms with Gasteiger partial charge in [0.15, 0.2) is 0 Å². The van der Waals surface area contributed by atoms with Gasteiger partial charge in [0, 0.05) is 0 Å². The molecule has 0 saturated carbocycles. The fourth-order valence-corrected chi connectivity index (χ4v) is 0. The molecule has 0 aromatic heterocycles. The standard InChI is InChI=1S/H2NO4S/c1-5-6(2,3)4/h1H2. The van der Waals surface area contributed by atoms with E-state index in [1.165, 1.54) is 0 Å². The first-order valence-corrected chi connectivity index (χ1v) is 2.24. The molecule has 0 saturated heterocycles. The molecule has 6 heavy (non-hydrogen) atoms. The predicted octanol–water partition coefficient (Wildman–Crippen LogP) is -1.45. The van der Waals surface area contributed by atoms with Crippen molar-refractivity contribution in [2.45, 2.75) is 0 Å². The SMILES string of the molecule is NOS([O])(=O)=O. The van der Waals surface area contributed by atoms with Crippen molar-refractivity contribution < 1.29 is 17.3 Å². The van der Waals surface area contributed by atoms with E-state index < -0.39 is 10.4 Å². The highest BCUT2D eigenvalue weighted by molar-refractivity contribution is 7.80. The number of nitrogens with two attached hydrogens (primary N) is 1. The van der Waals surface area contributed by atoms with E-state index in [0.29, 0.717) is 0 Å². The lowest BCUT2D eigenvalue weighted by molar-refractivity contribution is 0.250. The molecule has 6 heteroatoms. The molecule has 0 aliphatic heterocycles. The molecule has 0 fully saturated rings. The number of rotatable bonds is 1. The van der Waals surface area contributed by atoms with Crippen LogP contribution in [-0.2, 0) is 19.2 Å². The molecular formula is H2NO4S. The first-order chi connectivity index (χ1) is 2.56. The van der Waals surface area contributed by atoms with Crippen LogP contribution >= 0.6 is 0 Å². The second-order valence-corrected chi connectivity index (χ2v) is 1.51. The third-order valence-corrected chi connectivity index (χ3v) is 0.354. The molecule has 0 amide bonds. The summed E-state index contributed by atoms with van der Waals surface area (Å²) in [5, 5.41) is 0. The predicted molar refractivity (Wildman–Crippen MR) is 14.9 cm³/mol. The normalized spacial score (nSPS) is 11.7. The fourth-order valence-electron chi connectivity index (χ4n) is 0. The maximum absolute atomic E-state index is 9.10. The highest BCUT2D eigenvalue weighted by Gasteiger charge is 1.99. The quantitative estimate of drug-likeness (QED) is 0.420. The van der Waals surface area contributed by atoms with Crippen LogP contribution in [0.5, 0.6) is 0 Å². The highest BCUT2D eigenvalue weighted by atomic mass is 32.3. The van der Waals surface area contributed by atoms with Crippen LogP contribution in [-0.4, -0.2) is 8.42 Å². The van der Waals surface area contributed by atoms with Crippen LogP contribution in [0.3, 0.4) is 0 Å². The summed E-state index contributed by atoms with van der Waals surface area (Å²) in [4.78, 5) is 0. The van der Waals surface area contributed by atoms with E-state index in [1.807, 2.05) is 0 Å². The van der Waals surface area contributed by atoms with Gasteiger partial charge in [-0.15, -0.1) is 0 Å². The van der Waals surface area contributed by atoms with Crippen LogP contribution in [0.25, 0.3) is 0 Å². The molecule has 0 aliphatic carbocycles. The average molecular weight is 112 g/mol. The van der Waals surface area contributed by atoms with E-state index in [2.05, 4.69) is 10.2 Å². The van der Waals surface area contributed by atoms with Crippen LogP contribution in [0.15, 0.2) is 0 Å². The Morgan fingerprint density at radius 1 is 1.50 bits per heavy atom. The number of hydrogen-bond acceptors (Lipinski definition) is 4. The largest absolute Gasteiger partial charge is 0.443 e. The van der Waals surface area contributed by atoms with E-state index in [1.54, 1.807) is 0 Å². The zero-order valence-electron chi connectivity index (χ0n) is 2.62. The number of hydrogen-bond donors (Lipinski definition) is 1. The average Bonchev–Trinajstić information content (AvgIpc) is 1.35. The van der Waals surface area contributed by atoms with Gasteiger partial charge in [0.05, 0.1) is 0 Å². The fraction of sp³-hybridized carbons (Fsp3) is 0. The summed E-state index contributed by atoms with van der Waals surface area (Å²) in [6.07, 6.45) is 0. The molecule has 2 N–H and O–H groups in total. The second kappa shape index (κ2) is 1.52. The molecule has 5 nitrogen and oxygen atoms in total. The van der Waals surface area contributed by atoms with Gasteiger partial charge in [0.2, 0.25) is 0 Å². The van der Waals surface area contributed by atoms with Crippen molar-refractivity contribution in [3.63, 3.8) is 0 Å². The van der Waals surface area contributed by atoms with Crippen molar-refractivity contribution in [3.8, 4) is 0 Å². The smallest absolute Gasteiger partial charge is 0.196 e. The molecule has 37 valence electrons. The Balaban J connectivity index is 3.85. The van der Waals surface area contributed by atoms with Gasteiger partial charge in [0.25, 0.3) is 0 Å². The molecule has 0 unspecified atom stereocenters. The first-order valence-electron chi connectivity index (χ1n) is 0.902. The lowest BCUT2D eigenvalue weighted by atomic mass is 13.6. The summed E-state index contributed by atoms with van der Waals surface area (Å²) >= 11 is 0. The molecule has 0 aromatic rings. The molecule has 0 rings (SSSR count). The second-order valence-electron chi connectivity index (χ2n) is 0.504. The van der Waals surface area contributed by atoms with Crippen LogP contribution in [0.1, 0.15) is 0 Å². The monoisotopic (exact) mass is 112 g/mol. The molecule has 0 spiro atoms. The Labute approximate surface area is 34.6 Å². The molecule has 0 aromatic carbocycles. The zero-order chi connectivity index (χ0) is 5.21. The maximum Gasteiger partial charge on any atom is 0.443 e. The van der Waals surface area contributed by atoms with Crippen LogP contribution in [0.2, 0.25) is 0 Å².